The van der Waals surface area contributed by atoms with Crippen LogP contribution in [0, 0.1) is 0 Å². The lowest BCUT2D eigenvalue weighted by atomic mass is 9.95. The fourth-order valence-electron chi connectivity index (χ4n) is 3.80. The second-order valence-corrected chi connectivity index (χ2v) is 7.34. The fraction of sp³-hybridized carbons (Fsp3) is 0.136. The highest BCUT2D eigenvalue weighted by Gasteiger charge is 2.41. The quantitative estimate of drug-likeness (QED) is 0.644. The van der Waals surface area contributed by atoms with E-state index in [-0.39, 0.29) is 17.5 Å². The molecule has 0 unspecified atom stereocenters. The van der Waals surface area contributed by atoms with Crippen molar-refractivity contribution in [3.8, 4) is 17.2 Å². The van der Waals surface area contributed by atoms with Crippen molar-refractivity contribution in [3.63, 3.8) is 0 Å². The molecule has 0 fully saturated rings. The Balaban J connectivity index is 1.61. The highest BCUT2D eigenvalue weighted by Crippen LogP contribution is 2.48. The van der Waals surface area contributed by atoms with Crippen LogP contribution in [0.15, 0.2) is 71.8 Å². The molecule has 0 saturated carbocycles. The third-order valence-corrected chi connectivity index (χ3v) is 5.38. The lowest BCUT2D eigenvalue weighted by Crippen LogP contribution is -2.33. The molecule has 3 aromatic carbocycles. The molecule has 2 aliphatic heterocycles. The summed E-state index contributed by atoms with van der Waals surface area (Å²) in [6.07, 6.45) is 0.197. The second kappa shape index (κ2) is 6.46. The average molecular weight is 393 g/mol. The summed E-state index contributed by atoms with van der Waals surface area (Å²) in [4.78, 5) is 0. The minimum Gasteiger partial charge on any atom is -0.508 e. The van der Waals surface area contributed by atoms with E-state index in [0.29, 0.717) is 17.0 Å². The van der Waals surface area contributed by atoms with Crippen molar-refractivity contribution in [2.75, 3.05) is 0 Å². The van der Waals surface area contributed by atoms with Crippen LogP contribution >= 0.6 is 11.6 Å². The molecule has 28 heavy (non-hydrogen) atoms. The monoisotopic (exact) mass is 392 g/mol. The number of phenols is 2. The van der Waals surface area contributed by atoms with Gasteiger partial charge in [-0.3, -0.25) is 0 Å². The van der Waals surface area contributed by atoms with Crippen LogP contribution in [-0.4, -0.2) is 20.9 Å². The number of aromatic hydroxyl groups is 2. The summed E-state index contributed by atoms with van der Waals surface area (Å²) >= 11 is 6.14. The number of nitrogens with zero attached hydrogens (tertiary/aromatic N) is 2. The van der Waals surface area contributed by atoms with Gasteiger partial charge < -0.3 is 14.9 Å². The highest BCUT2D eigenvalue weighted by molar-refractivity contribution is 6.31. The molecule has 5 nitrogen and oxygen atoms in total. The molecule has 0 aliphatic carbocycles. The fourth-order valence-corrected chi connectivity index (χ4v) is 3.97. The van der Waals surface area contributed by atoms with Gasteiger partial charge in [0.1, 0.15) is 17.2 Å². The molecule has 2 N–H and O–H groups in total. The van der Waals surface area contributed by atoms with Crippen LogP contribution in [0.4, 0.5) is 0 Å². The van der Waals surface area contributed by atoms with Gasteiger partial charge in [0.2, 0.25) is 6.23 Å². The van der Waals surface area contributed by atoms with Crippen molar-refractivity contribution in [2.24, 2.45) is 5.10 Å². The molecule has 2 aliphatic rings. The Hall–Kier alpha value is -3.18. The molecule has 2 heterocycles. The molecule has 0 spiro atoms. The van der Waals surface area contributed by atoms with Gasteiger partial charge in [-0.1, -0.05) is 29.8 Å². The molecule has 0 aromatic heterocycles. The number of para-hydroxylation sites is 1. The largest absolute Gasteiger partial charge is 0.508 e. The molecule has 3 aromatic rings. The van der Waals surface area contributed by atoms with Gasteiger partial charge in [0.05, 0.1) is 11.8 Å². The topological polar surface area (TPSA) is 65.3 Å². The molecular formula is C22H17ClN2O3. The first-order valence-corrected chi connectivity index (χ1v) is 9.37. The van der Waals surface area contributed by atoms with Gasteiger partial charge in [-0.2, -0.15) is 5.10 Å². The first-order chi connectivity index (χ1) is 13.6. The summed E-state index contributed by atoms with van der Waals surface area (Å²) in [6, 6.07) is 19.8. The maximum atomic E-state index is 10.3. The van der Waals surface area contributed by atoms with Crippen molar-refractivity contribution in [1.29, 1.82) is 0 Å². The molecule has 0 saturated heterocycles. The van der Waals surface area contributed by atoms with E-state index in [2.05, 4.69) is 0 Å². The van der Waals surface area contributed by atoms with Crippen LogP contribution in [-0.2, 0) is 0 Å². The zero-order chi connectivity index (χ0) is 19.3. The number of benzene rings is 3. The van der Waals surface area contributed by atoms with Gasteiger partial charge in [0.25, 0.3) is 0 Å². The SMILES string of the molecule is Oc1ccc([C@H]2Oc3ccccc3[C@H]3CC(c4cc(Cl)ccc4O)=NN32)cc1. The minimum atomic E-state index is -0.431. The van der Waals surface area contributed by atoms with Gasteiger partial charge in [-0.05, 0) is 48.5 Å². The molecule has 5 rings (SSSR count). The maximum absolute atomic E-state index is 10.3. The second-order valence-electron chi connectivity index (χ2n) is 6.91. The Morgan fingerprint density at radius 3 is 2.61 bits per heavy atom. The van der Waals surface area contributed by atoms with Gasteiger partial charge in [-0.25, -0.2) is 5.01 Å². The molecule has 0 amide bonds. The molecule has 0 radical (unpaired) electrons. The first-order valence-electron chi connectivity index (χ1n) is 8.99. The minimum absolute atomic E-state index is 0.0165. The van der Waals surface area contributed by atoms with Crippen LogP contribution in [0.2, 0.25) is 5.02 Å². The number of hydrogen-bond acceptors (Lipinski definition) is 5. The number of fused-ring (bicyclic) bond motifs is 3. The Bertz CT molecular complexity index is 1080. The smallest absolute Gasteiger partial charge is 0.213 e. The normalized spacial score (nSPS) is 20.2. The van der Waals surface area contributed by atoms with Crippen LogP contribution < -0.4 is 4.74 Å². The highest BCUT2D eigenvalue weighted by atomic mass is 35.5. The molecular weight excluding hydrogens is 376 g/mol. The molecule has 6 heteroatoms. The predicted molar refractivity (Wildman–Crippen MR) is 107 cm³/mol. The zero-order valence-corrected chi connectivity index (χ0v) is 15.5. The van der Waals surface area contributed by atoms with Gasteiger partial charge in [-0.15, -0.1) is 0 Å². The Labute approximate surface area is 167 Å². The van der Waals surface area contributed by atoms with E-state index in [1.165, 1.54) is 0 Å². The van der Waals surface area contributed by atoms with Crippen molar-refractivity contribution >= 4 is 17.3 Å². The van der Waals surface area contributed by atoms with E-state index in [9.17, 15) is 10.2 Å². The number of hydrogen-bond donors (Lipinski definition) is 2. The van der Waals surface area contributed by atoms with E-state index >= 15 is 0 Å². The van der Waals surface area contributed by atoms with Crippen molar-refractivity contribution in [3.05, 3.63) is 88.4 Å². The number of rotatable bonds is 2. The lowest BCUT2D eigenvalue weighted by Gasteiger charge is -2.38. The predicted octanol–water partition coefficient (Wildman–Crippen LogP) is 4.99. The maximum Gasteiger partial charge on any atom is 0.213 e. The standard InChI is InChI=1S/C22H17ClN2O3/c23-14-7-10-20(27)17(11-14)18-12-19-16-3-1-2-4-21(16)28-22(25(19)24-18)13-5-8-15(26)9-6-13/h1-11,19,22,26-27H,12H2/t19-,22-/m1/s1. The average Bonchev–Trinajstić information content (AvgIpc) is 3.15. The van der Waals surface area contributed by atoms with Crippen LogP contribution in [0.1, 0.15) is 35.4 Å². The van der Waals surface area contributed by atoms with Crippen LogP contribution in [0.3, 0.4) is 0 Å². The van der Waals surface area contributed by atoms with E-state index in [4.69, 9.17) is 21.4 Å². The summed E-state index contributed by atoms with van der Waals surface area (Å²) in [5, 5.41) is 27.2. The number of phenolic OH excluding ortho intramolecular Hbond substituents is 2. The Morgan fingerprint density at radius 2 is 1.79 bits per heavy atom. The van der Waals surface area contributed by atoms with Crippen molar-refractivity contribution < 1.29 is 14.9 Å². The van der Waals surface area contributed by atoms with Gasteiger partial charge >= 0.3 is 0 Å². The molecule has 140 valence electrons. The third kappa shape index (κ3) is 2.75. The zero-order valence-electron chi connectivity index (χ0n) is 14.8. The van der Waals surface area contributed by atoms with Crippen LogP contribution in [0.5, 0.6) is 17.2 Å². The van der Waals surface area contributed by atoms with Crippen molar-refractivity contribution in [2.45, 2.75) is 18.7 Å². The van der Waals surface area contributed by atoms with Gasteiger partial charge in [0.15, 0.2) is 0 Å². The van der Waals surface area contributed by atoms with Crippen molar-refractivity contribution in [1.82, 2.24) is 5.01 Å². The first kappa shape index (κ1) is 17.0. The van der Waals surface area contributed by atoms with E-state index < -0.39 is 6.23 Å². The summed E-state index contributed by atoms with van der Waals surface area (Å²) in [5.41, 5.74) is 3.33. The summed E-state index contributed by atoms with van der Waals surface area (Å²) in [6.45, 7) is 0. The van der Waals surface area contributed by atoms with E-state index in [1.807, 2.05) is 41.4 Å². The lowest BCUT2D eigenvalue weighted by molar-refractivity contribution is -0.0190. The summed E-state index contributed by atoms with van der Waals surface area (Å²) < 4.78 is 6.26. The van der Waals surface area contributed by atoms with E-state index in [0.717, 1.165) is 22.6 Å². The van der Waals surface area contributed by atoms with E-state index in [1.54, 1.807) is 30.3 Å². The summed E-state index contributed by atoms with van der Waals surface area (Å²) in [7, 11) is 0. The number of halogens is 1. The summed E-state index contributed by atoms with van der Waals surface area (Å²) in [5.74, 6) is 1.16. The van der Waals surface area contributed by atoms with Crippen LogP contribution in [0.25, 0.3) is 0 Å². The Morgan fingerprint density at radius 1 is 1.00 bits per heavy atom. The number of hydrazone groups is 1. The molecule has 2 atom stereocenters. The molecule has 0 bridgehead atoms. The van der Waals surface area contributed by atoms with Gasteiger partial charge in [0, 0.05) is 28.1 Å². The Kier molecular flexibility index (Phi) is 3.91. The third-order valence-electron chi connectivity index (χ3n) is 5.15. The number of ether oxygens (including phenoxy) is 1.